The highest BCUT2D eigenvalue weighted by Crippen LogP contribution is 2.36. The first kappa shape index (κ1) is 24.5. The number of likely N-dealkylation sites (tertiary alicyclic amines) is 1. The molecule has 2 heterocycles. The monoisotopic (exact) mass is 466 g/mol. The Morgan fingerprint density at radius 1 is 1.21 bits per heavy atom. The molecule has 2 aliphatic rings. The summed E-state index contributed by atoms with van der Waals surface area (Å²) in [5, 5.41) is 18.0. The number of carbonyl (C=O) groups is 2. The average Bonchev–Trinajstić information content (AvgIpc) is 3.40. The van der Waals surface area contributed by atoms with E-state index in [0.29, 0.717) is 0 Å². The Kier molecular flexibility index (Phi) is 7.41. The van der Waals surface area contributed by atoms with Crippen LogP contribution in [0, 0.1) is 11.8 Å². The van der Waals surface area contributed by atoms with Crippen LogP contribution in [0.2, 0.25) is 0 Å². The highest BCUT2D eigenvalue weighted by molar-refractivity contribution is 5.89. The van der Waals surface area contributed by atoms with E-state index in [-0.39, 0.29) is 42.7 Å². The second kappa shape index (κ2) is 10.3. The van der Waals surface area contributed by atoms with E-state index in [2.05, 4.69) is 41.6 Å². The van der Waals surface area contributed by atoms with Gasteiger partial charge in [-0.3, -0.25) is 14.3 Å². The molecule has 7 nitrogen and oxygen atoms in total. The van der Waals surface area contributed by atoms with E-state index < -0.39 is 12.1 Å². The van der Waals surface area contributed by atoms with Crippen molar-refractivity contribution in [1.29, 1.82) is 0 Å². The van der Waals surface area contributed by atoms with Crippen LogP contribution in [0.4, 0.5) is 0 Å². The van der Waals surface area contributed by atoms with Crippen LogP contribution in [-0.2, 0) is 22.6 Å². The number of carbonyl (C=O) groups excluding carboxylic acids is 2. The number of hydrogen-bond donors (Lipinski definition) is 2. The van der Waals surface area contributed by atoms with Crippen LogP contribution in [-0.4, -0.2) is 50.3 Å². The van der Waals surface area contributed by atoms with Crippen molar-refractivity contribution in [3.8, 4) is 11.3 Å². The molecule has 0 saturated carbocycles. The molecule has 1 aliphatic carbocycles. The van der Waals surface area contributed by atoms with E-state index in [1.165, 1.54) is 11.1 Å². The lowest BCUT2D eigenvalue weighted by atomic mass is 9.92. The first-order valence-electron chi connectivity index (χ1n) is 12.7. The quantitative estimate of drug-likeness (QED) is 0.636. The summed E-state index contributed by atoms with van der Waals surface area (Å²) >= 11 is 0. The Labute approximate surface area is 202 Å². The second-order valence-electron chi connectivity index (χ2n) is 10.1. The van der Waals surface area contributed by atoms with Gasteiger partial charge in [-0.15, -0.1) is 0 Å². The summed E-state index contributed by atoms with van der Waals surface area (Å²) in [6.07, 6.45) is 5.37. The van der Waals surface area contributed by atoms with Crippen molar-refractivity contribution in [2.75, 3.05) is 6.54 Å². The predicted octanol–water partition coefficient (Wildman–Crippen LogP) is 3.71. The highest BCUT2D eigenvalue weighted by Gasteiger charge is 2.41. The van der Waals surface area contributed by atoms with Crippen LogP contribution < -0.4 is 5.32 Å². The summed E-state index contributed by atoms with van der Waals surface area (Å²) in [5.74, 6) is -0.228. The largest absolute Gasteiger partial charge is 0.391 e. The Morgan fingerprint density at radius 3 is 2.74 bits per heavy atom. The number of nitrogens with zero attached hydrogens (tertiary/aromatic N) is 3. The van der Waals surface area contributed by atoms with E-state index in [4.69, 9.17) is 0 Å². The smallest absolute Gasteiger partial charge is 0.243 e. The van der Waals surface area contributed by atoms with E-state index in [1.54, 1.807) is 4.90 Å². The zero-order chi connectivity index (χ0) is 24.4. The normalized spacial score (nSPS) is 23.5. The molecule has 2 aromatic rings. The number of amides is 2. The van der Waals surface area contributed by atoms with Crippen LogP contribution >= 0.6 is 0 Å². The number of hydrogen-bond acceptors (Lipinski definition) is 4. The van der Waals surface area contributed by atoms with Gasteiger partial charge in [-0.1, -0.05) is 45.4 Å². The maximum absolute atomic E-state index is 13.5. The lowest BCUT2D eigenvalue weighted by molar-refractivity contribution is -0.142. The molecule has 1 fully saturated rings. The van der Waals surface area contributed by atoms with Gasteiger partial charge in [0.2, 0.25) is 11.8 Å². The van der Waals surface area contributed by atoms with Gasteiger partial charge in [-0.05, 0) is 49.3 Å². The van der Waals surface area contributed by atoms with E-state index in [1.807, 2.05) is 31.6 Å². The number of fused-ring (bicyclic) bond motifs is 1. The summed E-state index contributed by atoms with van der Waals surface area (Å²) in [6.45, 7) is 9.03. The molecular formula is C27H38N4O3. The molecule has 1 aromatic heterocycles. The minimum Gasteiger partial charge on any atom is -0.391 e. The summed E-state index contributed by atoms with van der Waals surface area (Å²) in [5.41, 5.74) is 4.70. The molecule has 2 amide bonds. The predicted molar refractivity (Wildman–Crippen MR) is 132 cm³/mol. The van der Waals surface area contributed by atoms with Gasteiger partial charge in [0.1, 0.15) is 6.04 Å². The second-order valence-corrected chi connectivity index (χ2v) is 10.1. The Hall–Kier alpha value is -2.67. The molecule has 0 spiro atoms. The van der Waals surface area contributed by atoms with Crippen LogP contribution in [0.5, 0.6) is 0 Å². The molecule has 0 radical (unpaired) electrons. The van der Waals surface area contributed by atoms with Crippen molar-refractivity contribution in [2.45, 2.75) is 84.5 Å². The van der Waals surface area contributed by atoms with Crippen molar-refractivity contribution in [3.05, 3.63) is 41.6 Å². The van der Waals surface area contributed by atoms with Gasteiger partial charge < -0.3 is 15.3 Å². The third-order valence-electron chi connectivity index (χ3n) is 7.62. The minimum absolute atomic E-state index is 0.0527. The van der Waals surface area contributed by atoms with Gasteiger partial charge >= 0.3 is 0 Å². The van der Waals surface area contributed by atoms with Gasteiger partial charge in [-0.2, -0.15) is 5.10 Å². The fraction of sp³-hybridized carbons (Fsp3) is 0.593. The van der Waals surface area contributed by atoms with Crippen molar-refractivity contribution < 1.29 is 14.7 Å². The standard InChI is InChI=1S/C27H38N4O3/c1-5-31-24(13-14-28-31)22-11-8-10-21-20(22)9-6-7-12-23(21)29-26(33)25-15-19(32)16-30(25)27(34)18(4)17(2)3/h8,10-11,13-14,17-19,23,25,32H,5-7,9,12,15-16H2,1-4H3,(H,29,33). The van der Waals surface area contributed by atoms with Crippen molar-refractivity contribution >= 4 is 11.8 Å². The number of aryl methyl sites for hydroxylation is 1. The lowest BCUT2D eigenvalue weighted by Crippen LogP contribution is -2.48. The molecule has 184 valence electrons. The van der Waals surface area contributed by atoms with Gasteiger partial charge in [0.15, 0.2) is 0 Å². The van der Waals surface area contributed by atoms with E-state index >= 15 is 0 Å². The molecule has 1 saturated heterocycles. The Balaban J connectivity index is 1.60. The first-order chi connectivity index (χ1) is 16.3. The third-order valence-corrected chi connectivity index (χ3v) is 7.62. The molecule has 1 aliphatic heterocycles. The number of β-amino-alcohol motifs (C(OH)–C–C–N with tert-alkyl or cyclic N) is 1. The fourth-order valence-electron chi connectivity index (χ4n) is 5.34. The molecule has 0 bridgehead atoms. The third kappa shape index (κ3) is 4.76. The molecular weight excluding hydrogens is 428 g/mol. The molecule has 34 heavy (non-hydrogen) atoms. The first-order valence-corrected chi connectivity index (χ1v) is 12.7. The summed E-state index contributed by atoms with van der Waals surface area (Å²) in [7, 11) is 0. The van der Waals surface area contributed by atoms with Gasteiger partial charge in [0.05, 0.1) is 17.8 Å². The summed E-state index contributed by atoms with van der Waals surface area (Å²) < 4.78 is 2.01. The van der Waals surface area contributed by atoms with Gasteiger partial charge in [0.25, 0.3) is 0 Å². The minimum atomic E-state index is -0.665. The van der Waals surface area contributed by atoms with Gasteiger partial charge in [0, 0.05) is 37.2 Å². The number of rotatable bonds is 6. The van der Waals surface area contributed by atoms with E-state index in [9.17, 15) is 14.7 Å². The van der Waals surface area contributed by atoms with Crippen molar-refractivity contribution in [2.24, 2.45) is 11.8 Å². The van der Waals surface area contributed by atoms with Crippen molar-refractivity contribution in [3.63, 3.8) is 0 Å². The molecule has 4 atom stereocenters. The summed E-state index contributed by atoms with van der Waals surface area (Å²) in [6, 6.07) is 7.64. The number of benzene rings is 1. The fourth-order valence-corrected chi connectivity index (χ4v) is 5.34. The SMILES string of the molecule is CCn1nccc1-c1cccc2c1CCCCC2NC(=O)C1CC(O)CN1C(=O)C(C)C(C)C. The molecule has 4 unspecified atom stereocenters. The van der Waals surface area contributed by atoms with Crippen LogP contribution in [0.3, 0.4) is 0 Å². The number of aromatic nitrogens is 2. The van der Waals surface area contributed by atoms with Gasteiger partial charge in [-0.25, -0.2) is 0 Å². The number of aliphatic hydroxyl groups is 1. The lowest BCUT2D eigenvalue weighted by Gasteiger charge is -2.30. The zero-order valence-corrected chi connectivity index (χ0v) is 20.8. The molecule has 7 heteroatoms. The Morgan fingerprint density at radius 2 is 2.00 bits per heavy atom. The van der Waals surface area contributed by atoms with Crippen molar-refractivity contribution in [1.82, 2.24) is 20.0 Å². The molecule has 2 N–H and O–H groups in total. The Bertz CT molecular complexity index is 1030. The van der Waals surface area contributed by atoms with Crippen LogP contribution in [0.25, 0.3) is 11.3 Å². The van der Waals surface area contributed by atoms with Crippen LogP contribution in [0.15, 0.2) is 30.5 Å². The maximum atomic E-state index is 13.5. The zero-order valence-electron chi connectivity index (χ0n) is 20.8. The summed E-state index contributed by atoms with van der Waals surface area (Å²) in [4.78, 5) is 28.1. The molecule has 4 rings (SSSR count). The molecule has 1 aromatic carbocycles. The topological polar surface area (TPSA) is 87.5 Å². The number of nitrogens with one attached hydrogen (secondary N) is 1. The van der Waals surface area contributed by atoms with Crippen LogP contribution in [0.1, 0.15) is 70.5 Å². The average molecular weight is 467 g/mol. The maximum Gasteiger partial charge on any atom is 0.243 e. The van der Waals surface area contributed by atoms with E-state index in [0.717, 1.165) is 43.5 Å². The highest BCUT2D eigenvalue weighted by atomic mass is 16.3. The number of aliphatic hydroxyl groups excluding tert-OH is 1.